The Hall–Kier alpha value is -1.79. The highest BCUT2D eigenvalue weighted by molar-refractivity contribution is 5.73. The Labute approximate surface area is 118 Å². The first-order chi connectivity index (χ1) is 9.53. The van der Waals surface area contributed by atoms with Crippen LogP contribution in [0.25, 0.3) is 0 Å². The van der Waals surface area contributed by atoms with Crippen molar-refractivity contribution in [3.05, 3.63) is 23.3 Å². The van der Waals surface area contributed by atoms with Gasteiger partial charge in [-0.3, -0.25) is 10.1 Å². The molecule has 0 fully saturated rings. The summed E-state index contributed by atoms with van der Waals surface area (Å²) in [6, 6.07) is 2.92. The zero-order valence-corrected chi connectivity index (χ0v) is 12.0. The van der Waals surface area contributed by atoms with Crippen LogP contribution in [0.15, 0.2) is 12.1 Å². The number of benzene rings is 1. The lowest BCUT2D eigenvalue weighted by molar-refractivity contribution is -0.140. The van der Waals surface area contributed by atoms with E-state index in [0.29, 0.717) is 11.5 Å². The summed E-state index contributed by atoms with van der Waals surface area (Å²) in [5.74, 6) is 0.286. The second kappa shape index (κ2) is 7.72. The number of aliphatic carboxylic acids is 1. The predicted octanol–water partition coefficient (Wildman–Crippen LogP) is 0.937. The van der Waals surface area contributed by atoms with Gasteiger partial charge in [0, 0.05) is 18.7 Å². The van der Waals surface area contributed by atoms with Crippen molar-refractivity contribution in [1.29, 1.82) is 0 Å². The third-order valence-corrected chi connectivity index (χ3v) is 2.99. The minimum atomic E-state index is -0.996. The van der Waals surface area contributed by atoms with Crippen LogP contribution >= 0.6 is 0 Å². The minimum absolute atomic E-state index is 0.145. The van der Waals surface area contributed by atoms with Crippen LogP contribution in [-0.2, 0) is 11.3 Å². The first-order valence-corrected chi connectivity index (χ1v) is 6.32. The number of carbonyl (C=O) groups is 1. The summed E-state index contributed by atoms with van der Waals surface area (Å²) in [4.78, 5) is 11.0. The molecule has 1 aromatic rings. The Morgan fingerprint density at radius 3 is 2.25 bits per heavy atom. The van der Waals surface area contributed by atoms with Crippen LogP contribution in [0.2, 0.25) is 0 Å². The fourth-order valence-electron chi connectivity index (χ4n) is 1.96. The van der Waals surface area contributed by atoms with Crippen LogP contribution in [0.3, 0.4) is 0 Å². The van der Waals surface area contributed by atoms with Crippen molar-refractivity contribution in [3.63, 3.8) is 0 Å². The number of aliphatic hydroxyl groups is 1. The van der Waals surface area contributed by atoms with Crippen LogP contribution in [0.5, 0.6) is 11.5 Å². The molecular formula is C14H21NO5. The highest BCUT2D eigenvalue weighted by Gasteiger charge is 2.18. The van der Waals surface area contributed by atoms with E-state index in [1.54, 1.807) is 14.2 Å². The quantitative estimate of drug-likeness (QED) is 0.658. The van der Waals surface area contributed by atoms with Crippen molar-refractivity contribution in [2.75, 3.05) is 20.8 Å². The number of ether oxygens (including phenoxy) is 2. The number of carboxylic acids is 1. The molecule has 0 heterocycles. The summed E-state index contributed by atoms with van der Waals surface area (Å²) in [5.41, 5.74) is 1.75. The van der Waals surface area contributed by atoms with Gasteiger partial charge in [-0.1, -0.05) is 0 Å². The summed E-state index contributed by atoms with van der Waals surface area (Å²) in [6.07, 6.45) is 0.145. The molecule has 0 amide bonds. The Morgan fingerprint density at radius 1 is 1.30 bits per heavy atom. The highest BCUT2D eigenvalue weighted by Crippen LogP contribution is 2.30. The smallest absolute Gasteiger partial charge is 0.320 e. The van der Waals surface area contributed by atoms with Gasteiger partial charge in [0.25, 0.3) is 0 Å². The average molecular weight is 283 g/mol. The third-order valence-electron chi connectivity index (χ3n) is 2.99. The lowest BCUT2D eigenvalue weighted by atomic mass is 10.1. The van der Waals surface area contributed by atoms with E-state index in [9.17, 15) is 4.79 Å². The number of carboxylic acid groups (broad SMARTS) is 1. The number of nitrogens with one attached hydrogen (secondary N) is 1. The van der Waals surface area contributed by atoms with E-state index in [0.717, 1.165) is 11.1 Å². The van der Waals surface area contributed by atoms with Gasteiger partial charge in [0.2, 0.25) is 0 Å². The van der Waals surface area contributed by atoms with E-state index in [4.69, 9.17) is 19.7 Å². The maximum absolute atomic E-state index is 11.0. The number of hydrogen-bond donors (Lipinski definition) is 3. The summed E-state index contributed by atoms with van der Waals surface area (Å²) in [6.45, 7) is 2.02. The number of methoxy groups -OCH3 is 2. The molecule has 0 spiro atoms. The largest absolute Gasteiger partial charge is 0.496 e. The molecule has 1 unspecified atom stereocenters. The molecule has 1 aromatic carbocycles. The van der Waals surface area contributed by atoms with Gasteiger partial charge < -0.3 is 19.7 Å². The van der Waals surface area contributed by atoms with Crippen LogP contribution < -0.4 is 14.8 Å². The van der Waals surface area contributed by atoms with Crippen LogP contribution in [0, 0.1) is 6.92 Å². The average Bonchev–Trinajstić information content (AvgIpc) is 2.43. The second-order valence-electron chi connectivity index (χ2n) is 4.43. The molecule has 0 aromatic heterocycles. The predicted molar refractivity (Wildman–Crippen MR) is 74.2 cm³/mol. The van der Waals surface area contributed by atoms with Gasteiger partial charge in [-0.15, -0.1) is 0 Å². The fraction of sp³-hybridized carbons (Fsp3) is 0.500. The molecule has 20 heavy (non-hydrogen) atoms. The standard InChI is InChI=1S/C14H21NO5/c1-9-6-12(19-2)10(13(7-9)20-3)8-15-11(4-5-16)14(17)18/h6-7,11,15-16H,4-5,8H2,1-3H3,(H,17,18). The van der Waals surface area contributed by atoms with Crippen LogP contribution in [0.1, 0.15) is 17.5 Å². The molecule has 0 saturated carbocycles. The number of aryl methyl sites for hydroxylation is 1. The van der Waals surface area contributed by atoms with Gasteiger partial charge >= 0.3 is 5.97 Å². The molecule has 0 saturated heterocycles. The maximum atomic E-state index is 11.0. The highest BCUT2D eigenvalue weighted by atomic mass is 16.5. The van der Waals surface area contributed by atoms with Crippen LogP contribution in [-0.4, -0.2) is 43.1 Å². The molecule has 1 rings (SSSR count). The number of aliphatic hydroxyl groups excluding tert-OH is 1. The molecule has 0 radical (unpaired) electrons. The van der Waals surface area contributed by atoms with E-state index >= 15 is 0 Å². The summed E-state index contributed by atoms with van der Waals surface area (Å²) >= 11 is 0. The van der Waals surface area contributed by atoms with E-state index in [2.05, 4.69) is 5.32 Å². The van der Waals surface area contributed by atoms with Crippen molar-refractivity contribution >= 4 is 5.97 Å². The van der Waals surface area contributed by atoms with E-state index < -0.39 is 12.0 Å². The van der Waals surface area contributed by atoms with Gasteiger partial charge in [-0.2, -0.15) is 0 Å². The van der Waals surface area contributed by atoms with Gasteiger partial charge in [0.1, 0.15) is 17.5 Å². The summed E-state index contributed by atoms with van der Waals surface area (Å²) < 4.78 is 10.6. The van der Waals surface area contributed by atoms with Gasteiger partial charge in [-0.05, 0) is 31.0 Å². The summed E-state index contributed by atoms with van der Waals surface area (Å²) in [7, 11) is 3.11. The fourth-order valence-corrected chi connectivity index (χ4v) is 1.96. The molecule has 0 aliphatic carbocycles. The van der Waals surface area contributed by atoms with Crippen LogP contribution in [0.4, 0.5) is 0 Å². The lowest BCUT2D eigenvalue weighted by Crippen LogP contribution is -2.37. The topological polar surface area (TPSA) is 88.0 Å². The molecule has 112 valence electrons. The molecule has 0 bridgehead atoms. The first-order valence-electron chi connectivity index (χ1n) is 6.32. The zero-order valence-electron chi connectivity index (χ0n) is 12.0. The Kier molecular flexibility index (Phi) is 6.27. The summed E-state index contributed by atoms with van der Waals surface area (Å²) in [5, 5.41) is 20.8. The minimum Gasteiger partial charge on any atom is -0.496 e. The Balaban J connectivity index is 2.92. The number of rotatable bonds is 8. The van der Waals surface area contributed by atoms with Gasteiger partial charge in [-0.25, -0.2) is 0 Å². The third kappa shape index (κ3) is 4.11. The van der Waals surface area contributed by atoms with Crippen molar-refractivity contribution in [2.24, 2.45) is 0 Å². The van der Waals surface area contributed by atoms with Crippen molar-refractivity contribution in [3.8, 4) is 11.5 Å². The Morgan fingerprint density at radius 2 is 1.85 bits per heavy atom. The zero-order chi connectivity index (χ0) is 15.1. The number of hydrogen-bond acceptors (Lipinski definition) is 5. The van der Waals surface area contributed by atoms with Crippen molar-refractivity contribution < 1.29 is 24.5 Å². The van der Waals surface area contributed by atoms with Gasteiger partial charge in [0.15, 0.2) is 0 Å². The Bertz CT molecular complexity index is 436. The molecule has 6 nitrogen and oxygen atoms in total. The molecule has 6 heteroatoms. The van der Waals surface area contributed by atoms with Crippen molar-refractivity contribution in [2.45, 2.75) is 25.9 Å². The van der Waals surface area contributed by atoms with Crippen molar-refractivity contribution in [1.82, 2.24) is 5.32 Å². The first kappa shape index (κ1) is 16.3. The lowest BCUT2D eigenvalue weighted by Gasteiger charge is -2.18. The molecule has 0 aliphatic heterocycles. The maximum Gasteiger partial charge on any atom is 0.320 e. The van der Waals surface area contributed by atoms with E-state index in [-0.39, 0.29) is 19.6 Å². The SMILES string of the molecule is COc1cc(C)cc(OC)c1CNC(CCO)C(=O)O. The molecule has 3 N–H and O–H groups in total. The second-order valence-corrected chi connectivity index (χ2v) is 4.43. The molecule has 1 atom stereocenters. The molecule has 0 aliphatic rings. The normalized spacial score (nSPS) is 12.0. The van der Waals surface area contributed by atoms with E-state index in [1.807, 2.05) is 19.1 Å². The van der Waals surface area contributed by atoms with Gasteiger partial charge in [0.05, 0.1) is 14.2 Å². The molecular weight excluding hydrogens is 262 g/mol. The van der Waals surface area contributed by atoms with E-state index in [1.165, 1.54) is 0 Å². The monoisotopic (exact) mass is 283 g/mol.